The number of benzene rings is 3. The zero-order valence-corrected chi connectivity index (χ0v) is 15.9. The monoisotopic (exact) mass is 341 g/mol. The Morgan fingerprint density at radius 1 is 0.846 bits per heavy atom. The van der Waals surface area contributed by atoms with E-state index in [4.69, 9.17) is 4.98 Å². The molecule has 26 heavy (non-hydrogen) atoms. The smallest absolute Gasteiger partial charge is 0.167 e. The van der Waals surface area contributed by atoms with Crippen LogP contribution in [-0.4, -0.2) is 23.0 Å². The third kappa shape index (κ3) is 2.67. The highest BCUT2D eigenvalue weighted by Crippen LogP contribution is 2.37. The molecule has 1 aromatic heterocycles. The van der Waals surface area contributed by atoms with Crippen LogP contribution in [0.3, 0.4) is 0 Å². The van der Waals surface area contributed by atoms with Gasteiger partial charge < -0.3 is 5.11 Å². The Labute approximate surface area is 155 Å². The van der Waals surface area contributed by atoms with E-state index in [2.05, 4.69) is 62.4 Å². The molecule has 0 radical (unpaired) electrons. The maximum atomic E-state index is 10.6. The minimum absolute atomic E-state index is 0.250. The molecule has 0 spiro atoms. The van der Waals surface area contributed by atoms with Crippen molar-refractivity contribution in [1.82, 2.24) is 4.98 Å². The summed E-state index contributed by atoms with van der Waals surface area (Å²) in [6, 6.07) is 19.3. The maximum absolute atomic E-state index is 10.6. The van der Waals surface area contributed by atoms with Gasteiger partial charge in [0.2, 0.25) is 0 Å². The Hall–Kier alpha value is -2.39. The summed E-state index contributed by atoms with van der Waals surface area (Å²) in [5.74, 6) is 0. The highest BCUT2D eigenvalue weighted by atomic mass is 16.3. The lowest BCUT2D eigenvalue weighted by atomic mass is 9.44. The van der Waals surface area contributed by atoms with Crippen LogP contribution in [-0.2, 0) is 0 Å². The summed E-state index contributed by atoms with van der Waals surface area (Å²) in [6.07, 6.45) is 1.87. The Morgan fingerprint density at radius 2 is 1.54 bits per heavy atom. The summed E-state index contributed by atoms with van der Waals surface area (Å²) >= 11 is 0. The average molecular weight is 341 g/mol. The molecule has 0 aliphatic rings. The molecular weight excluding hydrogens is 317 g/mol. The van der Waals surface area contributed by atoms with Gasteiger partial charge in [0.05, 0.1) is 11.1 Å². The molecule has 0 bridgehead atoms. The van der Waals surface area contributed by atoms with E-state index in [9.17, 15) is 5.11 Å². The van der Waals surface area contributed by atoms with Gasteiger partial charge in [-0.2, -0.15) is 0 Å². The molecule has 0 unspecified atom stereocenters. The molecule has 0 saturated carbocycles. The van der Waals surface area contributed by atoms with E-state index in [-0.39, 0.29) is 5.31 Å². The van der Waals surface area contributed by atoms with Crippen LogP contribution in [0.15, 0.2) is 60.8 Å². The van der Waals surface area contributed by atoms with Gasteiger partial charge in [-0.15, -0.1) is 0 Å². The highest BCUT2D eigenvalue weighted by Gasteiger charge is 2.36. The first-order valence-corrected chi connectivity index (χ1v) is 9.18. The predicted molar refractivity (Wildman–Crippen MR) is 114 cm³/mol. The summed E-state index contributed by atoms with van der Waals surface area (Å²) in [7, 11) is 0.793. The van der Waals surface area contributed by atoms with Crippen molar-refractivity contribution in [2.24, 2.45) is 0 Å². The molecule has 4 rings (SSSR count). The molecule has 4 aromatic rings. The summed E-state index contributed by atoms with van der Waals surface area (Å²) < 4.78 is 0. The van der Waals surface area contributed by atoms with E-state index in [1.807, 2.05) is 26.1 Å². The molecule has 0 aliphatic carbocycles. The van der Waals surface area contributed by atoms with Crippen molar-refractivity contribution in [3.63, 3.8) is 0 Å². The van der Waals surface area contributed by atoms with E-state index in [0.29, 0.717) is 0 Å². The Kier molecular flexibility index (Phi) is 3.82. The second-order valence-corrected chi connectivity index (χ2v) is 8.44. The fourth-order valence-corrected chi connectivity index (χ4v) is 3.64. The predicted octanol–water partition coefficient (Wildman–Crippen LogP) is 4.57. The van der Waals surface area contributed by atoms with E-state index < -0.39 is 5.60 Å². The molecular formula is C23H24BNO. The molecule has 0 aliphatic heterocycles. The molecule has 0 fully saturated rings. The number of aromatic nitrogens is 1. The van der Waals surface area contributed by atoms with Gasteiger partial charge in [0.25, 0.3) is 0 Å². The number of aliphatic hydroxyl groups is 1. The first-order chi connectivity index (χ1) is 12.3. The SMILES string of the molecule is CC(C)(O)C(C)(C)Bc1cc2ccc3ccccc3c2c2ncccc12. The van der Waals surface area contributed by atoms with E-state index >= 15 is 0 Å². The van der Waals surface area contributed by atoms with Crippen molar-refractivity contribution < 1.29 is 5.11 Å². The Bertz CT molecular complexity index is 1130. The molecule has 3 aromatic carbocycles. The van der Waals surface area contributed by atoms with E-state index in [0.717, 1.165) is 12.8 Å². The topological polar surface area (TPSA) is 33.1 Å². The fourth-order valence-electron chi connectivity index (χ4n) is 3.64. The lowest BCUT2D eigenvalue weighted by Crippen LogP contribution is -2.42. The van der Waals surface area contributed by atoms with Gasteiger partial charge in [-0.3, -0.25) is 4.98 Å². The third-order valence-electron chi connectivity index (χ3n) is 5.97. The van der Waals surface area contributed by atoms with Crippen LogP contribution < -0.4 is 5.46 Å². The van der Waals surface area contributed by atoms with E-state index in [1.165, 1.54) is 32.4 Å². The Balaban J connectivity index is 2.05. The largest absolute Gasteiger partial charge is 0.391 e. The van der Waals surface area contributed by atoms with Crippen molar-refractivity contribution >= 4 is 45.2 Å². The quantitative estimate of drug-likeness (QED) is 0.437. The van der Waals surface area contributed by atoms with Crippen LogP contribution >= 0.6 is 0 Å². The maximum Gasteiger partial charge on any atom is 0.167 e. The van der Waals surface area contributed by atoms with Crippen LogP contribution in [0.4, 0.5) is 0 Å². The fraction of sp³-hybridized carbons (Fsp3) is 0.261. The number of pyridine rings is 1. The summed E-state index contributed by atoms with van der Waals surface area (Å²) in [5, 5.41) is 16.4. The van der Waals surface area contributed by atoms with E-state index in [1.54, 1.807) is 0 Å². The van der Waals surface area contributed by atoms with Crippen molar-refractivity contribution in [3.8, 4) is 0 Å². The average Bonchev–Trinajstić information content (AvgIpc) is 2.60. The molecule has 1 N–H and O–H groups in total. The lowest BCUT2D eigenvalue weighted by molar-refractivity contribution is 0.0410. The minimum Gasteiger partial charge on any atom is -0.391 e. The molecule has 0 saturated heterocycles. The van der Waals surface area contributed by atoms with Gasteiger partial charge in [0.15, 0.2) is 7.28 Å². The molecule has 0 atom stereocenters. The Morgan fingerprint density at radius 3 is 2.31 bits per heavy atom. The second kappa shape index (κ2) is 5.82. The van der Waals surface area contributed by atoms with Gasteiger partial charge in [-0.25, -0.2) is 0 Å². The molecule has 0 amide bonds. The van der Waals surface area contributed by atoms with Crippen LogP contribution in [0.25, 0.3) is 32.4 Å². The number of hydrogen-bond acceptors (Lipinski definition) is 2. The summed E-state index contributed by atoms with van der Waals surface area (Å²) in [6.45, 7) is 8.03. The molecule has 130 valence electrons. The van der Waals surface area contributed by atoms with Crippen molar-refractivity contribution in [3.05, 3.63) is 60.8 Å². The summed E-state index contributed by atoms with van der Waals surface area (Å²) in [5.41, 5.74) is 1.52. The van der Waals surface area contributed by atoms with Crippen molar-refractivity contribution in [2.45, 2.75) is 38.6 Å². The first-order valence-electron chi connectivity index (χ1n) is 9.18. The van der Waals surface area contributed by atoms with Gasteiger partial charge in [-0.05, 0) is 46.8 Å². The zero-order valence-electron chi connectivity index (χ0n) is 15.9. The summed E-state index contributed by atoms with van der Waals surface area (Å²) in [4.78, 5) is 4.75. The first kappa shape index (κ1) is 17.1. The highest BCUT2D eigenvalue weighted by molar-refractivity contribution is 6.61. The van der Waals surface area contributed by atoms with Crippen LogP contribution in [0.5, 0.6) is 0 Å². The second-order valence-electron chi connectivity index (χ2n) is 8.44. The van der Waals surface area contributed by atoms with Crippen LogP contribution in [0, 0.1) is 0 Å². The van der Waals surface area contributed by atoms with Crippen molar-refractivity contribution in [1.29, 1.82) is 0 Å². The van der Waals surface area contributed by atoms with Crippen molar-refractivity contribution in [2.75, 3.05) is 0 Å². The van der Waals surface area contributed by atoms with Gasteiger partial charge >= 0.3 is 0 Å². The standard InChI is InChI=1S/C23H24BNO/c1-22(2,23(3,4)26)24-19-14-16-12-11-15-8-5-6-9-17(15)20(16)21-18(19)10-7-13-25-21/h5-14,24,26H,1-4H3. The van der Waals surface area contributed by atoms with Gasteiger partial charge in [0.1, 0.15) is 0 Å². The lowest BCUT2D eigenvalue weighted by Gasteiger charge is -2.37. The number of rotatable bonds is 3. The van der Waals surface area contributed by atoms with Crippen LogP contribution in [0.2, 0.25) is 5.31 Å². The number of nitrogens with zero attached hydrogens (tertiary/aromatic N) is 1. The minimum atomic E-state index is -0.764. The number of hydrogen-bond donors (Lipinski definition) is 1. The molecule has 1 heterocycles. The van der Waals surface area contributed by atoms with Crippen LogP contribution in [0.1, 0.15) is 27.7 Å². The zero-order chi connectivity index (χ0) is 18.5. The third-order valence-corrected chi connectivity index (χ3v) is 5.97. The van der Waals surface area contributed by atoms with Gasteiger partial charge in [0, 0.05) is 11.6 Å². The number of fused-ring (bicyclic) bond motifs is 5. The van der Waals surface area contributed by atoms with Gasteiger partial charge in [-0.1, -0.05) is 67.8 Å². The molecule has 3 heteroatoms. The molecule has 2 nitrogen and oxygen atoms in total. The normalized spacial score (nSPS) is 12.8.